The Morgan fingerprint density at radius 1 is 0.857 bits per heavy atom. The van der Waals surface area contributed by atoms with E-state index in [4.69, 9.17) is 14.3 Å². The van der Waals surface area contributed by atoms with Crippen molar-refractivity contribution >= 4 is 29.6 Å². The first-order valence-electron chi connectivity index (χ1n) is 9.54. The van der Waals surface area contributed by atoms with Crippen LogP contribution in [0.1, 0.15) is 52.7 Å². The van der Waals surface area contributed by atoms with Crippen LogP contribution in [0.2, 0.25) is 0 Å². The summed E-state index contributed by atoms with van der Waals surface area (Å²) in [5.74, 6) is 0. The van der Waals surface area contributed by atoms with E-state index < -0.39 is 7.82 Å². The molecule has 6 heteroatoms. The molecule has 152 valence electrons. The van der Waals surface area contributed by atoms with Gasteiger partial charge in [-0.25, -0.2) is 4.57 Å². The molecule has 0 spiro atoms. The van der Waals surface area contributed by atoms with E-state index in [1.165, 1.54) is 11.1 Å². The van der Waals surface area contributed by atoms with Crippen molar-refractivity contribution in [1.82, 2.24) is 4.57 Å². The first kappa shape index (κ1) is 21.1. The third-order valence-corrected chi connectivity index (χ3v) is 5.69. The Bertz CT molecular complexity index is 993. The third-order valence-electron chi connectivity index (χ3n) is 5.17. The summed E-state index contributed by atoms with van der Waals surface area (Å²) < 4.78 is 17.8. The Kier molecular flexibility index (Phi) is 5.26. The van der Waals surface area contributed by atoms with Crippen LogP contribution < -0.4 is 0 Å². The maximum Gasteiger partial charge on any atom is 0.469 e. The standard InChI is InChI=1S/C22H30NO4P/c1-21(2,3)15-7-9-19-17(13-15)18-14-16(22(4,5)6)8-10-20(18)23(19)11-12-27-28(24,25)26/h7-10,13-14H,11-12H2,1-6H3,(H2,24,25,26). The van der Waals surface area contributed by atoms with Gasteiger partial charge in [-0.15, -0.1) is 0 Å². The van der Waals surface area contributed by atoms with Gasteiger partial charge in [-0.1, -0.05) is 53.7 Å². The Morgan fingerprint density at radius 2 is 1.29 bits per heavy atom. The lowest BCUT2D eigenvalue weighted by Crippen LogP contribution is -2.10. The van der Waals surface area contributed by atoms with Gasteiger partial charge in [-0.3, -0.25) is 4.52 Å². The number of hydrogen-bond donors (Lipinski definition) is 2. The van der Waals surface area contributed by atoms with E-state index in [0.717, 1.165) is 21.8 Å². The predicted molar refractivity (Wildman–Crippen MR) is 115 cm³/mol. The molecule has 0 fully saturated rings. The second-order valence-electron chi connectivity index (χ2n) is 9.44. The summed E-state index contributed by atoms with van der Waals surface area (Å²) >= 11 is 0. The normalized spacial score (nSPS) is 13.6. The molecule has 2 aromatic carbocycles. The zero-order valence-corrected chi connectivity index (χ0v) is 18.4. The van der Waals surface area contributed by atoms with Crippen LogP contribution in [0.25, 0.3) is 21.8 Å². The van der Waals surface area contributed by atoms with Gasteiger partial charge in [0.25, 0.3) is 0 Å². The lowest BCUT2D eigenvalue weighted by molar-refractivity contribution is 0.192. The predicted octanol–water partition coefficient (Wildman–Crippen LogP) is 5.50. The van der Waals surface area contributed by atoms with Crippen molar-refractivity contribution in [3.05, 3.63) is 47.5 Å². The van der Waals surface area contributed by atoms with Crippen molar-refractivity contribution in [2.45, 2.75) is 58.9 Å². The largest absolute Gasteiger partial charge is 0.469 e. The molecule has 28 heavy (non-hydrogen) atoms. The summed E-state index contributed by atoms with van der Waals surface area (Å²) in [6.45, 7) is 13.5. The van der Waals surface area contributed by atoms with E-state index in [0.29, 0.717) is 6.54 Å². The van der Waals surface area contributed by atoms with Gasteiger partial charge < -0.3 is 14.4 Å². The van der Waals surface area contributed by atoms with Gasteiger partial charge in [0.15, 0.2) is 0 Å². The molecule has 5 nitrogen and oxygen atoms in total. The molecule has 1 heterocycles. The van der Waals surface area contributed by atoms with Crippen molar-refractivity contribution < 1.29 is 18.9 Å². The highest BCUT2D eigenvalue weighted by atomic mass is 31.2. The SMILES string of the molecule is CC(C)(C)c1ccc2c(c1)c1cc(C(C)(C)C)ccc1n2CCOP(=O)(O)O. The summed E-state index contributed by atoms with van der Waals surface area (Å²) in [5.41, 5.74) is 4.67. The molecule has 0 saturated carbocycles. The van der Waals surface area contributed by atoms with Crippen molar-refractivity contribution in [3.63, 3.8) is 0 Å². The minimum atomic E-state index is -4.48. The van der Waals surface area contributed by atoms with Crippen molar-refractivity contribution in [2.24, 2.45) is 0 Å². The second-order valence-corrected chi connectivity index (χ2v) is 10.7. The van der Waals surface area contributed by atoms with Gasteiger partial charge in [-0.2, -0.15) is 0 Å². The van der Waals surface area contributed by atoms with Crippen LogP contribution in [0.3, 0.4) is 0 Å². The number of hydrogen-bond acceptors (Lipinski definition) is 2. The molecule has 3 aromatic rings. The fraction of sp³-hybridized carbons (Fsp3) is 0.455. The zero-order valence-electron chi connectivity index (χ0n) is 17.5. The topological polar surface area (TPSA) is 71.7 Å². The monoisotopic (exact) mass is 403 g/mol. The van der Waals surface area contributed by atoms with Crippen LogP contribution in [-0.4, -0.2) is 21.0 Å². The average Bonchev–Trinajstić information content (AvgIpc) is 2.85. The number of aromatic nitrogens is 1. The lowest BCUT2D eigenvalue weighted by Gasteiger charge is -2.19. The molecule has 0 unspecified atom stereocenters. The third kappa shape index (κ3) is 4.33. The van der Waals surface area contributed by atoms with Crippen molar-refractivity contribution in [1.29, 1.82) is 0 Å². The Hall–Kier alpha value is -1.65. The molecular formula is C22H30NO4P. The van der Waals surface area contributed by atoms with Crippen LogP contribution in [0.5, 0.6) is 0 Å². The van der Waals surface area contributed by atoms with Crippen LogP contribution in [0, 0.1) is 0 Å². The Balaban J connectivity index is 2.21. The van der Waals surface area contributed by atoms with Gasteiger partial charge in [-0.05, 0) is 46.2 Å². The van der Waals surface area contributed by atoms with Gasteiger partial charge in [0.2, 0.25) is 0 Å². The van der Waals surface area contributed by atoms with Gasteiger partial charge in [0.1, 0.15) is 0 Å². The molecule has 1 aromatic heterocycles. The molecule has 0 radical (unpaired) electrons. The first-order chi connectivity index (χ1) is 12.8. The van der Waals surface area contributed by atoms with E-state index >= 15 is 0 Å². The van der Waals surface area contributed by atoms with E-state index in [-0.39, 0.29) is 17.4 Å². The molecule has 0 aliphatic carbocycles. The summed E-state index contributed by atoms with van der Waals surface area (Å²) in [5, 5.41) is 2.31. The summed E-state index contributed by atoms with van der Waals surface area (Å²) in [7, 11) is -4.48. The molecule has 2 N–H and O–H groups in total. The molecular weight excluding hydrogens is 373 g/mol. The maximum atomic E-state index is 11.1. The number of rotatable bonds is 4. The van der Waals surface area contributed by atoms with Gasteiger partial charge in [0, 0.05) is 28.4 Å². The van der Waals surface area contributed by atoms with Crippen LogP contribution in [-0.2, 0) is 26.5 Å². The fourth-order valence-electron chi connectivity index (χ4n) is 3.53. The summed E-state index contributed by atoms with van der Waals surface area (Å²) in [4.78, 5) is 18.0. The minimum Gasteiger partial charge on any atom is -0.338 e. The molecule has 0 atom stereocenters. The molecule has 0 saturated heterocycles. The van der Waals surface area contributed by atoms with E-state index in [1.54, 1.807) is 0 Å². The molecule has 0 aliphatic rings. The fourth-order valence-corrected chi connectivity index (χ4v) is 3.85. The van der Waals surface area contributed by atoms with Gasteiger partial charge in [0.05, 0.1) is 6.61 Å². The smallest absolute Gasteiger partial charge is 0.338 e. The van der Waals surface area contributed by atoms with Crippen LogP contribution >= 0.6 is 7.82 Å². The molecule has 0 bridgehead atoms. The summed E-state index contributed by atoms with van der Waals surface area (Å²) in [6, 6.07) is 12.9. The summed E-state index contributed by atoms with van der Waals surface area (Å²) in [6.07, 6.45) is 0. The number of phosphoric acid groups is 1. The molecule has 0 amide bonds. The number of benzene rings is 2. The van der Waals surface area contributed by atoms with E-state index in [9.17, 15) is 4.57 Å². The lowest BCUT2D eigenvalue weighted by atomic mass is 9.85. The maximum absolute atomic E-state index is 11.1. The van der Waals surface area contributed by atoms with Crippen molar-refractivity contribution in [2.75, 3.05) is 6.61 Å². The van der Waals surface area contributed by atoms with Crippen LogP contribution in [0.4, 0.5) is 0 Å². The van der Waals surface area contributed by atoms with Gasteiger partial charge >= 0.3 is 7.82 Å². The van der Waals surface area contributed by atoms with E-state index in [2.05, 4.69) is 82.5 Å². The first-order valence-corrected chi connectivity index (χ1v) is 11.1. The highest BCUT2D eigenvalue weighted by Gasteiger charge is 2.20. The van der Waals surface area contributed by atoms with E-state index in [1.807, 2.05) is 0 Å². The zero-order chi connectivity index (χ0) is 20.9. The van der Waals surface area contributed by atoms with Crippen LogP contribution in [0.15, 0.2) is 36.4 Å². The Labute approximate surface area is 166 Å². The second kappa shape index (κ2) is 7.00. The Morgan fingerprint density at radius 3 is 1.64 bits per heavy atom. The average molecular weight is 403 g/mol. The number of fused-ring (bicyclic) bond motifs is 3. The number of phosphoric ester groups is 1. The number of nitrogens with zero attached hydrogens (tertiary/aromatic N) is 1. The highest BCUT2D eigenvalue weighted by Crippen LogP contribution is 2.38. The molecule has 0 aliphatic heterocycles. The molecule has 3 rings (SSSR count). The van der Waals surface area contributed by atoms with Crippen molar-refractivity contribution in [3.8, 4) is 0 Å². The highest BCUT2D eigenvalue weighted by molar-refractivity contribution is 7.46. The minimum absolute atomic E-state index is 0.0355. The quantitative estimate of drug-likeness (QED) is 0.565.